The van der Waals surface area contributed by atoms with E-state index in [1.807, 2.05) is 6.92 Å². The minimum absolute atomic E-state index is 0.297. The van der Waals surface area contributed by atoms with Gasteiger partial charge in [0.15, 0.2) is 0 Å². The molecule has 20 heavy (non-hydrogen) atoms. The number of aromatic nitrogens is 2. The van der Waals surface area contributed by atoms with Crippen LogP contribution >= 0.6 is 11.6 Å². The third-order valence-corrected chi connectivity index (χ3v) is 3.03. The predicted octanol–water partition coefficient (Wildman–Crippen LogP) is 3.01. The first-order chi connectivity index (χ1) is 9.61. The lowest BCUT2D eigenvalue weighted by Crippen LogP contribution is -2.16. The average Bonchev–Trinajstić information content (AvgIpc) is 2.76. The second-order valence-corrected chi connectivity index (χ2v) is 4.64. The zero-order valence-electron chi connectivity index (χ0n) is 10.9. The Morgan fingerprint density at radius 1 is 1.50 bits per heavy atom. The first-order valence-electron chi connectivity index (χ1n) is 6.09. The number of aryl methyl sites for hydroxylation is 2. The Labute approximate surface area is 121 Å². The van der Waals surface area contributed by atoms with Crippen LogP contribution < -0.4 is 5.32 Å². The average molecular weight is 289 g/mol. The standard InChI is InChI=1S/C14H13ClN4O/c1-10-9-13(19(18-10)8-4-7-16)17-14(20)11-5-2-3-6-12(11)15/h2-3,5-6,9H,4,8H2,1H3,(H,17,20). The lowest BCUT2D eigenvalue weighted by molar-refractivity contribution is 0.102. The van der Waals surface area contributed by atoms with Crippen molar-refractivity contribution in [3.63, 3.8) is 0 Å². The van der Waals surface area contributed by atoms with Crippen LogP contribution in [0.3, 0.4) is 0 Å². The molecule has 2 aromatic rings. The van der Waals surface area contributed by atoms with E-state index in [0.717, 1.165) is 5.69 Å². The second kappa shape index (κ2) is 6.22. The quantitative estimate of drug-likeness (QED) is 0.940. The number of nitrogens with one attached hydrogen (secondary N) is 1. The summed E-state index contributed by atoms with van der Waals surface area (Å²) in [6, 6.07) is 10.6. The molecule has 0 saturated heterocycles. The molecule has 0 saturated carbocycles. The minimum atomic E-state index is -0.297. The largest absolute Gasteiger partial charge is 0.307 e. The van der Waals surface area contributed by atoms with Crippen molar-refractivity contribution < 1.29 is 4.79 Å². The molecular formula is C14H13ClN4O. The van der Waals surface area contributed by atoms with Crippen LogP contribution in [0.2, 0.25) is 5.02 Å². The van der Waals surface area contributed by atoms with Gasteiger partial charge in [-0.1, -0.05) is 23.7 Å². The summed E-state index contributed by atoms with van der Waals surface area (Å²) in [6.45, 7) is 2.26. The van der Waals surface area contributed by atoms with Crippen LogP contribution in [0.25, 0.3) is 0 Å². The van der Waals surface area contributed by atoms with Crippen LogP contribution in [0.4, 0.5) is 5.82 Å². The summed E-state index contributed by atoms with van der Waals surface area (Å²) in [5.41, 5.74) is 1.18. The van der Waals surface area contributed by atoms with E-state index in [0.29, 0.717) is 29.4 Å². The highest BCUT2D eigenvalue weighted by molar-refractivity contribution is 6.34. The van der Waals surface area contributed by atoms with Crippen LogP contribution in [0.5, 0.6) is 0 Å². The van der Waals surface area contributed by atoms with Gasteiger partial charge in [-0.05, 0) is 19.1 Å². The molecule has 0 aliphatic rings. The van der Waals surface area contributed by atoms with Gasteiger partial charge in [0, 0.05) is 6.07 Å². The van der Waals surface area contributed by atoms with Crippen molar-refractivity contribution in [3.8, 4) is 6.07 Å². The fourth-order valence-corrected chi connectivity index (χ4v) is 2.02. The van der Waals surface area contributed by atoms with Gasteiger partial charge in [0.1, 0.15) is 5.82 Å². The highest BCUT2D eigenvalue weighted by Gasteiger charge is 2.13. The fourth-order valence-electron chi connectivity index (χ4n) is 1.80. The normalized spacial score (nSPS) is 10.1. The van der Waals surface area contributed by atoms with E-state index in [1.54, 1.807) is 35.0 Å². The molecule has 0 spiro atoms. The van der Waals surface area contributed by atoms with Crippen LogP contribution in [0, 0.1) is 18.3 Å². The van der Waals surface area contributed by atoms with E-state index in [9.17, 15) is 4.79 Å². The smallest absolute Gasteiger partial charge is 0.258 e. The maximum Gasteiger partial charge on any atom is 0.258 e. The van der Waals surface area contributed by atoms with E-state index in [2.05, 4.69) is 16.5 Å². The molecule has 0 radical (unpaired) electrons. The molecule has 0 fully saturated rings. The number of rotatable bonds is 4. The molecule has 1 aromatic carbocycles. The van der Waals surface area contributed by atoms with E-state index >= 15 is 0 Å². The van der Waals surface area contributed by atoms with E-state index < -0.39 is 0 Å². The molecule has 2 rings (SSSR count). The summed E-state index contributed by atoms with van der Waals surface area (Å²) in [5, 5.41) is 16.0. The molecule has 0 atom stereocenters. The molecule has 0 aliphatic heterocycles. The first kappa shape index (κ1) is 14.1. The maximum atomic E-state index is 12.2. The highest BCUT2D eigenvalue weighted by Crippen LogP contribution is 2.18. The number of hydrogen-bond donors (Lipinski definition) is 1. The summed E-state index contributed by atoms with van der Waals surface area (Å²) < 4.78 is 1.60. The number of benzene rings is 1. The van der Waals surface area contributed by atoms with Crippen LogP contribution in [0.15, 0.2) is 30.3 Å². The first-order valence-corrected chi connectivity index (χ1v) is 6.47. The highest BCUT2D eigenvalue weighted by atomic mass is 35.5. The Balaban J connectivity index is 2.20. The fraction of sp³-hybridized carbons (Fsp3) is 0.214. The SMILES string of the molecule is Cc1cc(NC(=O)c2ccccc2Cl)n(CCC#N)n1. The van der Waals surface area contributed by atoms with Gasteiger partial charge >= 0.3 is 0 Å². The van der Waals surface area contributed by atoms with Crippen LogP contribution in [0.1, 0.15) is 22.5 Å². The zero-order chi connectivity index (χ0) is 14.5. The van der Waals surface area contributed by atoms with Crippen molar-refractivity contribution >= 4 is 23.3 Å². The molecule has 1 N–H and O–H groups in total. The van der Waals surface area contributed by atoms with Crippen molar-refractivity contribution in [3.05, 3.63) is 46.6 Å². The van der Waals surface area contributed by atoms with E-state index in [4.69, 9.17) is 16.9 Å². The van der Waals surface area contributed by atoms with Crippen molar-refractivity contribution in [2.45, 2.75) is 19.9 Å². The molecule has 0 aliphatic carbocycles. The second-order valence-electron chi connectivity index (χ2n) is 4.24. The molecule has 1 heterocycles. The number of halogens is 1. The third-order valence-electron chi connectivity index (χ3n) is 2.70. The summed E-state index contributed by atoms with van der Waals surface area (Å²) in [6.07, 6.45) is 0.329. The number of anilines is 1. The van der Waals surface area contributed by atoms with Crippen molar-refractivity contribution in [2.75, 3.05) is 5.32 Å². The van der Waals surface area contributed by atoms with Crippen molar-refractivity contribution in [2.24, 2.45) is 0 Å². The Kier molecular flexibility index (Phi) is 4.38. The van der Waals surface area contributed by atoms with Crippen molar-refractivity contribution in [1.82, 2.24) is 9.78 Å². The number of carbonyl (C=O) groups is 1. The maximum absolute atomic E-state index is 12.2. The topological polar surface area (TPSA) is 70.7 Å². The molecule has 0 bridgehead atoms. The van der Waals surface area contributed by atoms with Gasteiger partial charge in [-0.15, -0.1) is 0 Å². The van der Waals surface area contributed by atoms with Gasteiger partial charge < -0.3 is 5.32 Å². The number of nitriles is 1. The Morgan fingerprint density at radius 2 is 2.25 bits per heavy atom. The molecule has 5 nitrogen and oxygen atoms in total. The molecule has 6 heteroatoms. The van der Waals surface area contributed by atoms with Gasteiger partial charge in [0.05, 0.1) is 35.3 Å². The number of carbonyl (C=O) groups excluding carboxylic acids is 1. The summed E-state index contributed by atoms with van der Waals surface area (Å²) >= 11 is 5.99. The Morgan fingerprint density at radius 3 is 2.95 bits per heavy atom. The summed E-state index contributed by atoms with van der Waals surface area (Å²) in [5.74, 6) is 0.261. The molecule has 1 aromatic heterocycles. The Hall–Kier alpha value is -2.32. The molecular weight excluding hydrogens is 276 g/mol. The van der Waals surface area contributed by atoms with Crippen molar-refractivity contribution in [1.29, 1.82) is 5.26 Å². The van der Waals surface area contributed by atoms with Crippen LogP contribution in [-0.2, 0) is 6.54 Å². The predicted molar refractivity (Wildman–Crippen MR) is 76.6 cm³/mol. The third kappa shape index (κ3) is 3.16. The van der Waals surface area contributed by atoms with Gasteiger partial charge in [-0.2, -0.15) is 10.4 Å². The molecule has 1 amide bonds. The Bertz CT molecular complexity index is 672. The number of amides is 1. The van der Waals surface area contributed by atoms with Crippen LogP contribution in [-0.4, -0.2) is 15.7 Å². The number of hydrogen-bond acceptors (Lipinski definition) is 3. The van der Waals surface area contributed by atoms with Gasteiger partial charge in [-0.25, -0.2) is 4.68 Å². The van der Waals surface area contributed by atoms with Gasteiger partial charge in [-0.3, -0.25) is 4.79 Å². The number of nitrogens with zero attached hydrogens (tertiary/aromatic N) is 3. The lowest BCUT2D eigenvalue weighted by atomic mass is 10.2. The van der Waals surface area contributed by atoms with E-state index in [-0.39, 0.29) is 5.91 Å². The molecule has 0 unspecified atom stereocenters. The lowest BCUT2D eigenvalue weighted by Gasteiger charge is -2.08. The van der Waals surface area contributed by atoms with Gasteiger partial charge in [0.25, 0.3) is 5.91 Å². The zero-order valence-corrected chi connectivity index (χ0v) is 11.7. The monoisotopic (exact) mass is 288 g/mol. The minimum Gasteiger partial charge on any atom is -0.307 e. The van der Waals surface area contributed by atoms with E-state index in [1.165, 1.54) is 0 Å². The molecule has 102 valence electrons. The van der Waals surface area contributed by atoms with Gasteiger partial charge in [0.2, 0.25) is 0 Å². The summed E-state index contributed by atoms with van der Waals surface area (Å²) in [4.78, 5) is 12.2. The summed E-state index contributed by atoms with van der Waals surface area (Å²) in [7, 11) is 0.